The van der Waals surface area contributed by atoms with Gasteiger partial charge in [-0.15, -0.1) is 0 Å². The average Bonchev–Trinajstić information content (AvgIpc) is 2.77. The zero-order chi connectivity index (χ0) is 15.5. The van der Waals surface area contributed by atoms with Gasteiger partial charge in [-0.05, 0) is 30.7 Å². The average molecular weight is 308 g/mol. The fraction of sp³-hybridized carbons (Fsp3) is 0.357. The van der Waals surface area contributed by atoms with Crippen molar-refractivity contribution in [1.29, 1.82) is 0 Å². The summed E-state index contributed by atoms with van der Waals surface area (Å²) in [5, 5.41) is 7.27. The van der Waals surface area contributed by atoms with Crippen LogP contribution in [0.1, 0.15) is 18.9 Å². The summed E-state index contributed by atoms with van der Waals surface area (Å²) in [5.41, 5.74) is 7.61. The Morgan fingerprint density at radius 2 is 1.95 bits per heavy atom. The van der Waals surface area contributed by atoms with E-state index in [0.29, 0.717) is 23.7 Å². The summed E-state index contributed by atoms with van der Waals surface area (Å²) in [5.74, 6) is 0.788. The van der Waals surface area contributed by atoms with Crippen LogP contribution in [0, 0.1) is 0 Å². The van der Waals surface area contributed by atoms with Crippen LogP contribution in [0.3, 0.4) is 0 Å². The topological polar surface area (TPSA) is 90.0 Å². The molecule has 3 N–H and O–H groups in total. The largest absolute Gasteiger partial charge is 0.384 e. The van der Waals surface area contributed by atoms with E-state index in [1.54, 1.807) is 42.2 Å². The summed E-state index contributed by atoms with van der Waals surface area (Å²) < 4.78 is 25.5. The third-order valence-corrected chi connectivity index (χ3v) is 5.17. The molecular weight excluding hydrogens is 288 g/mol. The molecular formula is C14H20N4O2S. The van der Waals surface area contributed by atoms with Crippen LogP contribution in [-0.4, -0.2) is 24.0 Å². The van der Waals surface area contributed by atoms with Gasteiger partial charge in [0.2, 0.25) is 0 Å². The molecule has 0 spiro atoms. The highest BCUT2D eigenvalue weighted by Crippen LogP contribution is 2.17. The van der Waals surface area contributed by atoms with Crippen LogP contribution in [-0.2, 0) is 23.4 Å². The smallest absolute Gasteiger partial charge is 0.178 e. The van der Waals surface area contributed by atoms with E-state index in [1.807, 2.05) is 6.92 Å². The van der Waals surface area contributed by atoms with Gasteiger partial charge in [-0.25, -0.2) is 8.42 Å². The van der Waals surface area contributed by atoms with Crippen LogP contribution >= 0.6 is 0 Å². The molecule has 1 heterocycles. The molecule has 2 aromatic rings. The highest BCUT2D eigenvalue weighted by molar-refractivity contribution is 7.91. The number of nitrogens with one attached hydrogen (secondary N) is 1. The van der Waals surface area contributed by atoms with E-state index in [9.17, 15) is 8.42 Å². The van der Waals surface area contributed by atoms with Crippen molar-refractivity contribution in [3.05, 3.63) is 36.0 Å². The van der Waals surface area contributed by atoms with Gasteiger partial charge in [0, 0.05) is 24.8 Å². The van der Waals surface area contributed by atoms with Gasteiger partial charge in [-0.3, -0.25) is 4.68 Å². The van der Waals surface area contributed by atoms with Crippen molar-refractivity contribution in [3.63, 3.8) is 0 Å². The Balaban J connectivity index is 2.05. The van der Waals surface area contributed by atoms with Crippen molar-refractivity contribution in [2.75, 3.05) is 16.8 Å². The molecule has 0 bridgehead atoms. The number of hydrogen-bond donors (Lipinski definition) is 2. The van der Waals surface area contributed by atoms with Crippen LogP contribution in [0.5, 0.6) is 0 Å². The van der Waals surface area contributed by atoms with Gasteiger partial charge in [-0.1, -0.05) is 6.92 Å². The maximum atomic E-state index is 11.9. The monoisotopic (exact) mass is 308 g/mol. The molecule has 0 aliphatic carbocycles. The molecule has 1 aromatic heterocycles. The van der Waals surface area contributed by atoms with Gasteiger partial charge in [0.25, 0.3) is 0 Å². The van der Waals surface area contributed by atoms with Crippen LogP contribution < -0.4 is 11.1 Å². The maximum Gasteiger partial charge on any atom is 0.178 e. The summed E-state index contributed by atoms with van der Waals surface area (Å²) in [6.45, 7) is 2.40. The molecule has 0 atom stereocenters. The number of nitrogens with zero attached hydrogens (tertiary/aromatic N) is 2. The lowest BCUT2D eigenvalue weighted by Crippen LogP contribution is -2.06. The minimum atomic E-state index is -3.16. The fourth-order valence-corrected chi connectivity index (χ4v) is 3.32. The van der Waals surface area contributed by atoms with Crippen LogP contribution in [0.4, 0.5) is 11.5 Å². The third-order valence-electron chi connectivity index (χ3n) is 3.23. The van der Waals surface area contributed by atoms with Crippen molar-refractivity contribution < 1.29 is 8.42 Å². The van der Waals surface area contributed by atoms with Gasteiger partial charge in [-0.2, -0.15) is 5.10 Å². The van der Waals surface area contributed by atoms with Crippen LogP contribution in [0.25, 0.3) is 0 Å². The molecule has 0 saturated heterocycles. The van der Waals surface area contributed by atoms with Crippen molar-refractivity contribution in [2.24, 2.45) is 7.05 Å². The molecule has 0 saturated carbocycles. The van der Waals surface area contributed by atoms with E-state index in [2.05, 4.69) is 10.4 Å². The highest BCUT2D eigenvalue weighted by Gasteiger charge is 2.12. The Labute approximate surface area is 124 Å². The zero-order valence-corrected chi connectivity index (χ0v) is 13.0. The fourth-order valence-electron chi connectivity index (χ4n) is 1.99. The molecule has 0 fully saturated rings. The van der Waals surface area contributed by atoms with Crippen LogP contribution in [0.2, 0.25) is 0 Å². The molecule has 114 valence electrons. The number of aryl methyl sites for hydroxylation is 1. The first-order chi connectivity index (χ1) is 9.94. The summed E-state index contributed by atoms with van der Waals surface area (Å²) in [4.78, 5) is 0.357. The number of aromatic nitrogens is 2. The van der Waals surface area contributed by atoms with E-state index < -0.39 is 9.84 Å². The van der Waals surface area contributed by atoms with E-state index in [4.69, 9.17) is 5.73 Å². The quantitative estimate of drug-likeness (QED) is 0.849. The minimum Gasteiger partial charge on any atom is -0.384 e. The molecule has 0 unspecified atom stereocenters. The highest BCUT2D eigenvalue weighted by atomic mass is 32.2. The Morgan fingerprint density at radius 1 is 1.29 bits per heavy atom. The molecule has 1 aromatic carbocycles. The Morgan fingerprint density at radius 3 is 2.48 bits per heavy atom. The van der Waals surface area contributed by atoms with Crippen molar-refractivity contribution >= 4 is 21.3 Å². The van der Waals surface area contributed by atoms with E-state index in [0.717, 1.165) is 11.3 Å². The third kappa shape index (κ3) is 3.55. The number of sulfone groups is 1. The predicted molar refractivity (Wildman–Crippen MR) is 83.7 cm³/mol. The molecule has 0 aliphatic rings. The van der Waals surface area contributed by atoms with Crippen LogP contribution in [0.15, 0.2) is 35.4 Å². The molecule has 0 aliphatic heterocycles. The summed E-state index contributed by atoms with van der Waals surface area (Å²) in [7, 11) is -1.37. The summed E-state index contributed by atoms with van der Waals surface area (Å²) in [6, 6.07) is 6.77. The predicted octanol–water partition coefficient (Wildman–Crippen LogP) is 1.80. The first-order valence-corrected chi connectivity index (χ1v) is 8.42. The second kappa shape index (κ2) is 6.17. The SMILES string of the molecule is CCCS(=O)(=O)c1ccc(NCc2cnn(C)c2N)cc1. The Bertz CT molecular complexity index is 705. The summed E-state index contributed by atoms with van der Waals surface area (Å²) in [6.07, 6.45) is 2.32. The summed E-state index contributed by atoms with van der Waals surface area (Å²) >= 11 is 0. The lowest BCUT2D eigenvalue weighted by Gasteiger charge is -2.08. The van der Waals surface area contributed by atoms with Gasteiger partial charge >= 0.3 is 0 Å². The Hall–Kier alpha value is -2.02. The number of benzene rings is 1. The van der Waals surface area contributed by atoms with Crippen molar-refractivity contribution in [2.45, 2.75) is 24.8 Å². The van der Waals surface area contributed by atoms with E-state index in [1.165, 1.54) is 0 Å². The first-order valence-electron chi connectivity index (χ1n) is 6.77. The number of nitrogen functional groups attached to an aromatic ring is 1. The lowest BCUT2D eigenvalue weighted by molar-refractivity contribution is 0.595. The Kier molecular flexibility index (Phi) is 4.52. The lowest BCUT2D eigenvalue weighted by atomic mass is 10.3. The minimum absolute atomic E-state index is 0.173. The molecule has 6 nitrogen and oxygen atoms in total. The number of anilines is 2. The standard InChI is InChI=1S/C14H20N4O2S/c1-3-8-21(19,20)13-6-4-12(5-7-13)16-9-11-10-17-18(2)14(11)15/h4-7,10,16H,3,8-9,15H2,1-2H3. The van der Waals surface area contributed by atoms with Crippen molar-refractivity contribution in [1.82, 2.24) is 9.78 Å². The molecule has 21 heavy (non-hydrogen) atoms. The van der Waals surface area contributed by atoms with Gasteiger partial charge in [0.15, 0.2) is 9.84 Å². The normalized spacial score (nSPS) is 11.5. The zero-order valence-electron chi connectivity index (χ0n) is 12.2. The van der Waals surface area contributed by atoms with Gasteiger partial charge in [0.1, 0.15) is 5.82 Å². The first kappa shape index (κ1) is 15.4. The van der Waals surface area contributed by atoms with E-state index >= 15 is 0 Å². The number of hydrogen-bond acceptors (Lipinski definition) is 5. The molecule has 2 rings (SSSR count). The number of rotatable bonds is 6. The van der Waals surface area contributed by atoms with Crippen molar-refractivity contribution in [3.8, 4) is 0 Å². The maximum absolute atomic E-state index is 11.9. The number of nitrogens with two attached hydrogens (primary N) is 1. The molecule has 0 radical (unpaired) electrons. The second-order valence-corrected chi connectivity index (χ2v) is 6.98. The van der Waals surface area contributed by atoms with Gasteiger partial charge < -0.3 is 11.1 Å². The molecule has 7 heteroatoms. The van der Waals surface area contributed by atoms with E-state index in [-0.39, 0.29) is 5.75 Å². The second-order valence-electron chi connectivity index (χ2n) is 4.88. The van der Waals surface area contributed by atoms with Gasteiger partial charge in [0.05, 0.1) is 16.8 Å². The molecule has 0 amide bonds.